The van der Waals surface area contributed by atoms with Gasteiger partial charge in [-0.15, -0.1) is 0 Å². The lowest BCUT2D eigenvalue weighted by Crippen LogP contribution is -2.35. The van der Waals surface area contributed by atoms with Crippen LogP contribution in [0, 0.1) is 0 Å². The van der Waals surface area contributed by atoms with Crippen molar-refractivity contribution < 1.29 is 19.1 Å². The molecule has 0 saturated heterocycles. The van der Waals surface area contributed by atoms with Gasteiger partial charge < -0.3 is 9.47 Å². The molecule has 0 fully saturated rings. The van der Waals surface area contributed by atoms with Crippen molar-refractivity contribution in [3.8, 4) is 0 Å². The van der Waals surface area contributed by atoms with Crippen LogP contribution in [0.1, 0.15) is 5.56 Å². The van der Waals surface area contributed by atoms with Gasteiger partial charge in [-0.05, 0) is 17.7 Å². The first-order valence-corrected chi connectivity index (χ1v) is 5.40. The van der Waals surface area contributed by atoms with E-state index in [9.17, 15) is 9.59 Å². The van der Waals surface area contributed by atoms with Crippen molar-refractivity contribution >= 4 is 11.9 Å². The second kappa shape index (κ2) is 7.39. The number of carbonyl (C=O) groups excluding carboxylic acids is 2. The van der Waals surface area contributed by atoms with Crippen molar-refractivity contribution in [3.63, 3.8) is 0 Å². The van der Waals surface area contributed by atoms with Gasteiger partial charge in [-0.2, -0.15) is 0 Å². The van der Waals surface area contributed by atoms with Gasteiger partial charge in [0.2, 0.25) is 0 Å². The summed E-state index contributed by atoms with van der Waals surface area (Å²) in [6.45, 7) is 0.522. The van der Waals surface area contributed by atoms with Gasteiger partial charge in [0.25, 0.3) is 0 Å². The fourth-order valence-corrected chi connectivity index (χ4v) is 1.41. The molecule has 0 spiro atoms. The Hall–Kier alpha value is -1.95. The monoisotopic (exact) mass is 252 g/mol. The number of esters is 2. The standard InChI is InChI=1S/C12H16N2O4/c1-17-11(15)8-14(9-12(16)18-2)7-10-3-5-13-6-4-10/h3-6H,7-9H2,1-2H3. The summed E-state index contributed by atoms with van der Waals surface area (Å²) in [4.78, 5) is 28.1. The number of methoxy groups -OCH3 is 2. The van der Waals surface area contributed by atoms with Gasteiger partial charge in [0, 0.05) is 18.9 Å². The molecule has 0 saturated carbocycles. The molecule has 1 aromatic rings. The Balaban J connectivity index is 2.64. The van der Waals surface area contributed by atoms with E-state index in [2.05, 4.69) is 14.5 Å². The first-order chi connectivity index (χ1) is 8.65. The number of nitrogens with zero attached hydrogens (tertiary/aromatic N) is 2. The van der Waals surface area contributed by atoms with Gasteiger partial charge in [0.05, 0.1) is 27.3 Å². The van der Waals surface area contributed by atoms with Crippen LogP contribution in [0.5, 0.6) is 0 Å². The van der Waals surface area contributed by atoms with Crippen molar-refractivity contribution in [2.75, 3.05) is 27.3 Å². The summed E-state index contributed by atoms with van der Waals surface area (Å²) < 4.78 is 9.18. The molecule has 0 atom stereocenters. The van der Waals surface area contributed by atoms with Crippen LogP contribution in [0.3, 0.4) is 0 Å². The number of ether oxygens (including phenoxy) is 2. The average Bonchev–Trinajstić information content (AvgIpc) is 2.39. The molecule has 1 rings (SSSR count). The Morgan fingerprint density at radius 2 is 1.61 bits per heavy atom. The van der Waals surface area contributed by atoms with Gasteiger partial charge in [-0.25, -0.2) is 0 Å². The largest absolute Gasteiger partial charge is 0.468 e. The zero-order chi connectivity index (χ0) is 13.4. The molecule has 0 radical (unpaired) electrons. The Morgan fingerprint density at radius 1 is 1.11 bits per heavy atom. The average molecular weight is 252 g/mol. The summed E-state index contributed by atoms with van der Waals surface area (Å²) in [5.41, 5.74) is 0.956. The highest BCUT2D eigenvalue weighted by atomic mass is 16.5. The number of rotatable bonds is 6. The van der Waals surface area contributed by atoms with E-state index in [1.807, 2.05) is 12.1 Å². The molecule has 0 amide bonds. The Morgan fingerprint density at radius 3 is 2.06 bits per heavy atom. The molecule has 0 N–H and O–H groups in total. The Kier molecular flexibility index (Phi) is 5.79. The first-order valence-electron chi connectivity index (χ1n) is 5.40. The smallest absolute Gasteiger partial charge is 0.319 e. The molecule has 18 heavy (non-hydrogen) atoms. The van der Waals surface area contributed by atoms with E-state index in [4.69, 9.17) is 0 Å². The molecule has 0 bridgehead atoms. The van der Waals surface area contributed by atoms with Gasteiger partial charge in [-0.3, -0.25) is 19.5 Å². The summed E-state index contributed by atoms with van der Waals surface area (Å²) in [6.07, 6.45) is 3.31. The second-order valence-electron chi connectivity index (χ2n) is 3.65. The topological polar surface area (TPSA) is 68.7 Å². The third-order valence-corrected chi connectivity index (χ3v) is 2.32. The minimum atomic E-state index is -0.395. The van der Waals surface area contributed by atoms with E-state index in [-0.39, 0.29) is 13.1 Å². The summed E-state index contributed by atoms with van der Waals surface area (Å²) in [5, 5.41) is 0. The van der Waals surface area contributed by atoms with Crippen molar-refractivity contribution in [3.05, 3.63) is 30.1 Å². The first kappa shape index (κ1) is 14.1. The summed E-state index contributed by atoms with van der Waals surface area (Å²) >= 11 is 0. The predicted octanol–water partition coefficient (Wildman–Crippen LogP) is 0.230. The summed E-state index contributed by atoms with van der Waals surface area (Å²) in [5.74, 6) is -0.791. The van der Waals surface area contributed by atoms with Crippen molar-refractivity contribution in [1.29, 1.82) is 0 Å². The maximum Gasteiger partial charge on any atom is 0.319 e. The van der Waals surface area contributed by atoms with Crippen LogP contribution < -0.4 is 0 Å². The third kappa shape index (κ3) is 4.92. The van der Waals surface area contributed by atoms with Crippen LogP contribution in [0.4, 0.5) is 0 Å². The maximum atomic E-state index is 11.3. The lowest BCUT2D eigenvalue weighted by atomic mass is 10.2. The lowest BCUT2D eigenvalue weighted by Gasteiger charge is -2.19. The molecule has 1 heterocycles. The van der Waals surface area contributed by atoms with Gasteiger partial charge >= 0.3 is 11.9 Å². The number of hydrogen-bond donors (Lipinski definition) is 0. The van der Waals surface area contributed by atoms with Gasteiger partial charge in [0.15, 0.2) is 0 Å². The fourth-order valence-electron chi connectivity index (χ4n) is 1.41. The van der Waals surface area contributed by atoms with Crippen molar-refractivity contribution in [1.82, 2.24) is 9.88 Å². The Labute approximate surface area is 106 Å². The second-order valence-corrected chi connectivity index (χ2v) is 3.65. The highest BCUT2D eigenvalue weighted by molar-refractivity contribution is 5.74. The van der Waals surface area contributed by atoms with Crippen LogP contribution in [0.2, 0.25) is 0 Å². The SMILES string of the molecule is COC(=O)CN(CC(=O)OC)Cc1ccncc1. The molecule has 6 heteroatoms. The van der Waals surface area contributed by atoms with Crippen LogP contribution in [-0.4, -0.2) is 49.1 Å². The highest BCUT2D eigenvalue weighted by Gasteiger charge is 2.15. The predicted molar refractivity (Wildman–Crippen MR) is 63.5 cm³/mol. The number of pyridine rings is 1. The molecular weight excluding hydrogens is 236 g/mol. The Bertz CT molecular complexity index is 376. The van der Waals surface area contributed by atoms with E-state index in [1.54, 1.807) is 17.3 Å². The zero-order valence-corrected chi connectivity index (χ0v) is 10.5. The van der Waals surface area contributed by atoms with Crippen LogP contribution in [0.15, 0.2) is 24.5 Å². The van der Waals surface area contributed by atoms with E-state index in [1.165, 1.54) is 14.2 Å². The molecule has 98 valence electrons. The molecule has 0 aliphatic carbocycles. The van der Waals surface area contributed by atoms with E-state index in [0.29, 0.717) is 6.54 Å². The third-order valence-electron chi connectivity index (χ3n) is 2.32. The number of carbonyl (C=O) groups is 2. The molecule has 1 aromatic heterocycles. The van der Waals surface area contributed by atoms with Gasteiger partial charge in [-0.1, -0.05) is 0 Å². The molecule has 6 nitrogen and oxygen atoms in total. The minimum Gasteiger partial charge on any atom is -0.468 e. The minimum absolute atomic E-state index is 0.0356. The zero-order valence-electron chi connectivity index (χ0n) is 10.5. The molecule has 0 aliphatic heterocycles. The number of aromatic nitrogens is 1. The van der Waals surface area contributed by atoms with Crippen molar-refractivity contribution in [2.45, 2.75) is 6.54 Å². The van der Waals surface area contributed by atoms with Gasteiger partial charge in [0.1, 0.15) is 0 Å². The number of hydrogen-bond acceptors (Lipinski definition) is 6. The van der Waals surface area contributed by atoms with E-state index >= 15 is 0 Å². The maximum absolute atomic E-state index is 11.3. The normalized spacial score (nSPS) is 10.2. The summed E-state index contributed by atoms with van der Waals surface area (Å²) in [7, 11) is 2.62. The van der Waals surface area contributed by atoms with Crippen LogP contribution in [0.25, 0.3) is 0 Å². The quantitative estimate of drug-likeness (QED) is 0.675. The molecular formula is C12H16N2O4. The summed E-state index contributed by atoms with van der Waals surface area (Å²) in [6, 6.07) is 3.64. The molecule has 0 aliphatic rings. The van der Waals surface area contributed by atoms with E-state index in [0.717, 1.165) is 5.56 Å². The van der Waals surface area contributed by atoms with Crippen LogP contribution in [-0.2, 0) is 25.6 Å². The lowest BCUT2D eigenvalue weighted by molar-refractivity contribution is -0.145. The van der Waals surface area contributed by atoms with Crippen molar-refractivity contribution in [2.24, 2.45) is 0 Å². The highest BCUT2D eigenvalue weighted by Crippen LogP contribution is 2.03. The molecule has 0 aromatic carbocycles. The van der Waals surface area contributed by atoms with E-state index < -0.39 is 11.9 Å². The van der Waals surface area contributed by atoms with Crippen LogP contribution >= 0.6 is 0 Å². The molecule has 0 unspecified atom stereocenters. The fraction of sp³-hybridized carbons (Fsp3) is 0.417.